The van der Waals surface area contributed by atoms with E-state index in [0.717, 1.165) is 0 Å². The van der Waals surface area contributed by atoms with Gasteiger partial charge in [0.2, 0.25) is 5.92 Å². The standard InChI is InChI=1S/C8H15F2NO/c9-8(10)3-1-7(5-11,6-12)2-4-8/h12H,1-6,11H2. The molecule has 1 fully saturated rings. The number of aliphatic hydroxyl groups excluding tert-OH is 1. The fourth-order valence-electron chi connectivity index (χ4n) is 1.57. The molecule has 4 heteroatoms. The molecule has 12 heavy (non-hydrogen) atoms. The first-order chi connectivity index (χ1) is 5.54. The quantitative estimate of drug-likeness (QED) is 0.667. The Bertz CT molecular complexity index is 145. The van der Waals surface area contributed by atoms with Crippen LogP contribution in [0.2, 0.25) is 0 Å². The van der Waals surface area contributed by atoms with Crippen LogP contribution in [0.4, 0.5) is 8.78 Å². The monoisotopic (exact) mass is 179 g/mol. The zero-order valence-electron chi connectivity index (χ0n) is 7.02. The zero-order valence-corrected chi connectivity index (χ0v) is 7.02. The van der Waals surface area contributed by atoms with E-state index >= 15 is 0 Å². The van der Waals surface area contributed by atoms with Gasteiger partial charge in [-0.1, -0.05) is 0 Å². The second-order valence-corrected chi connectivity index (χ2v) is 3.72. The molecule has 0 aliphatic heterocycles. The van der Waals surface area contributed by atoms with Crippen molar-refractivity contribution in [3.05, 3.63) is 0 Å². The van der Waals surface area contributed by atoms with Crippen LogP contribution in [0.5, 0.6) is 0 Å². The van der Waals surface area contributed by atoms with Crippen LogP contribution in [0.15, 0.2) is 0 Å². The molecule has 0 aromatic rings. The van der Waals surface area contributed by atoms with Crippen molar-refractivity contribution in [2.75, 3.05) is 13.2 Å². The normalized spacial score (nSPS) is 27.0. The lowest BCUT2D eigenvalue weighted by molar-refractivity contribution is -0.0755. The molecule has 2 nitrogen and oxygen atoms in total. The van der Waals surface area contributed by atoms with Gasteiger partial charge in [0.15, 0.2) is 0 Å². The average Bonchev–Trinajstić information content (AvgIpc) is 2.06. The van der Waals surface area contributed by atoms with E-state index in [2.05, 4.69) is 0 Å². The summed E-state index contributed by atoms with van der Waals surface area (Å²) < 4.78 is 25.4. The molecule has 0 heterocycles. The van der Waals surface area contributed by atoms with Crippen molar-refractivity contribution in [1.82, 2.24) is 0 Å². The Hall–Kier alpha value is -0.220. The largest absolute Gasteiger partial charge is 0.396 e. The lowest BCUT2D eigenvalue weighted by atomic mass is 9.73. The minimum atomic E-state index is -2.53. The van der Waals surface area contributed by atoms with Gasteiger partial charge in [-0.05, 0) is 12.8 Å². The molecule has 0 atom stereocenters. The van der Waals surface area contributed by atoms with Gasteiger partial charge in [0.25, 0.3) is 0 Å². The lowest BCUT2D eigenvalue weighted by Gasteiger charge is -2.37. The minimum absolute atomic E-state index is 0.0699. The van der Waals surface area contributed by atoms with Gasteiger partial charge in [0.1, 0.15) is 0 Å². The molecule has 1 aliphatic rings. The number of aliphatic hydroxyl groups is 1. The first kappa shape index (κ1) is 9.86. The van der Waals surface area contributed by atoms with E-state index in [9.17, 15) is 8.78 Å². The maximum atomic E-state index is 12.7. The number of alkyl halides is 2. The fourth-order valence-corrected chi connectivity index (χ4v) is 1.57. The average molecular weight is 179 g/mol. The summed E-state index contributed by atoms with van der Waals surface area (Å²) in [5, 5.41) is 8.99. The van der Waals surface area contributed by atoms with Crippen LogP contribution in [0.1, 0.15) is 25.7 Å². The highest BCUT2D eigenvalue weighted by Gasteiger charge is 2.42. The summed E-state index contributed by atoms with van der Waals surface area (Å²) in [4.78, 5) is 0. The molecule has 0 aromatic carbocycles. The molecule has 1 saturated carbocycles. The van der Waals surface area contributed by atoms with Crippen LogP contribution in [-0.4, -0.2) is 24.2 Å². The first-order valence-electron chi connectivity index (χ1n) is 4.22. The second kappa shape index (κ2) is 3.26. The van der Waals surface area contributed by atoms with Crippen LogP contribution in [0, 0.1) is 5.41 Å². The van der Waals surface area contributed by atoms with E-state index in [1.807, 2.05) is 0 Å². The molecule has 72 valence electrons. The number of rotatable bonds is 2. The van der Waals surface area contributed by atoms with Crippen molar-refractivity contribution < 1.29 is 13.9 Å². The van der Waals surface area contributed by atoms with E-state index in [-0.39, 0.29) is 19.4 Å². The Morgan fingerprint density at radius 3 is 2.00 bits per heavy atom. The lowest BCUT2D eigenvalue weighted by Crippen LogP contribution is -2.41. The van der Waals surface area contributed by atoms with E-state index in [4.69, 9.17) is 10.8 Å². The highest BCUT2D eigenvalue weighted by Crippen LogP contribution is 2.42. The first-order valence-corrected chi connectivity index (χ1v) is 4.22. The molecule has 0 saturated heterocycles. The van der Waals surface area contributed by atoms with Crippen molar-refractivity contribution in [2.45, 2.75) is 31.6 Å². The number of hydrogen-bond donors (Lipinski definition) is 2. The molecule has 0 radical (unpaired) electrons. The molecule has 1 rings (SSSR count). The smallest absolute Gasteiger partial charge is 0.248 e. The van der Waals surface area contributed by atoms with Gasteiger partial charge in [0, 0.05) is 31.4 Å². The summed E-state index contributed by atoms with van der Waals surface area (Å²) in [6, 6.07) is 0. The highest BCUT2D eigenvalue weighted by molar-refractivity contribution is 4.88. The number of hydrogen-bond acceptors (Lipinski definition) is 2. The Balaban J connectivity index is 2.53. The molecule has 0 spiro atoms. The fraction of sp³-hybridized carbons (Fsp3) is 1.00. The van der Waals surface area contributed by atoms with Crippen molar-refractivity contribution in [2.24, 2.45) is 11.1 Å². The molecule has 1 aliphatic carbocycles. The van der Waals surface area contributed by atoms with Crippen LogP contribution >= 0.6 is 0 Å². The molecule has 0 bridgehead atoms. The molecule has 0 unspecified atom stereocenters. The number of nitrogens with two attached hydrogens (primary N) is 1. The summed E-state index contributed by atoms with van der Waals surface area (Å²) in [5.74, 6) is -2.53. The predicted molar refractivity (Wildman–Crippen MR) is 42.0 cm³/mol. The van der Waals surface area contributed by atoms with Gasteiger partial charge in [0.05, 0.1) is 0 Å². The summed E-state index contributed by atoms with van der Waals surface area (Å²) >= 11 is 0. The number of halogens is 2. The maximum Gasteiger partial charge on any atom is 0.248 e. The Morgan fingerprint density at radius 1 is 1.17 bits per heavy atom. The molecule has 0 aromatic heterocycles. The van der Waals surface area contributed by atoms with Crippen molar-refractivity contribution in [1.29, 1.82) is 0 Å². The topological polar surface area (TPSA) is 46.2 Å². The summed E-state index contributed by atoms with van der Waals surface area (Å²) in [5.41, 5.74) is 5.00. The summed E-state index contributed by atoms with van der Waals surface area (Å²) in [7, 11) is 0. The van der Waals surface area contributed by atoms with Crippen molar-refractivity contribution in [3.63, 3.8) is 0 Å². The Kier molecular flexibility index (Phi) is 2.68. The zero-order chi connectivity index (χ0) is 9.24. The van der Waals surface area contributed by atoms with Gasteiger partial charge in [-0.3, -0.25) is 0 Å². The second-order valence-electron chi connectivity index (χ2n) is 3.72. The Morgan fingerprint density at radius 2 is 1.67 bits per heavy atom. The summed E-state index contributed by atoms with van der Waals surface area (Å²) in [6.45, 7) is 0.235. The van der Waals surface area contributed by atoms with E-state index in [0.29, 0.717) is 19.4 Å². The van der Waals surface area contributed by atoms with Crippen LogP contribution in [0.3, 0.4) is 0 Å². The van der Waals surface area contributed by atoms with E-state index in [1.165, 1.54) is 0 Å². The molecular weight excluding hydrogens is 164 g/mol. The van der Waals surface area contributed by atoms with Gasteiger partial charge in [-0.15, -0.1) is 0 Å². The minimum Gasteiger partial charge on any atom is -0.396 e. The van der Waals surface area contributed by atoms with E-state index in [1.54, 1.807) is 0 Å². The third-order valence-electron chi connectivity index (χ3n) is 2.81. The van der Waals surface area contributed by atoms with Crippen molar-refractivity contribution >= 4 is 0 Å². The van der Waals surface area contributed by atoms with Gasteiger partial charge >= 0.3 is 0 Å². The maximum absolute atomic E-state index is 12.7. The molecule has 0 amide bonds. The van der Waals surface area contributed by atoms with Gasteiger partial charge < -0.3 is 10.8 Å². The van der Waals surface area contributed by atoms with Crippen LogP contribution < -0.4 is 5.73 Å². The van der Waals surface area contributed by atoms with Crippen molar-refractivity contribution in [3.8, 4) is 0 Å². The highest BCUT2D eigenvalue weighted by atomic mass is 19.3. The Labute approximate surface area is 70.8 Å². The SMILES string of the molecule is NCC1(CO)CCC(F)(F)CC1. The third kappa shape index (κ3) is 1.93. The summed E-state index contributed by atoms with van der Waals surface area (Å²) in [6.07, 6.45) is 0.412. The van der Waals surface area contributed by atoms with E-state index < -0.39 is 11.3 Å². The third-order valence-corrected chi connectivity index (χ3v) is 2.81. The van der Waals surface area contributed by atoms with Crippen LogP contribution in [-0.2, 0) is 0 Å². The predicted octanol–water partition coefficient (Wildman–Crippen LogP) is 1.13. The molecular formula is C8H15F2NO. The van der Waals surface area contributed by atoms with Gasteiger partial charge in [-0.2, -0.15) is 0 Å². The van der Waals surface area contributed by atoms with Gasteiger partial charge in [-0.25, -0.2) is 8.78 Å². The molecule has 3 N–H and O–H groups in total. The van der Waals surface area contributed by atoms with Crippen LogP contribution in [0.25, 0.3) is 0 Å².